The zero-order valence-electron chi connectivity index (χ0n) is 17.6. The van der Waals surface area contributed by atoms with Gasteiger partial charge in [0.25, 0.3) is 0 Å². The Balaban J connectivity index is 1.78. The van der Waals surface area contributed by atoms with Crippen molar-refractivity contribution < 1.29 is 8.42 Å². The maximum atomic E-state index is 12.9. The van der Waals surface area contributed by atoms with Crippen molar-refractivity contribution in [1.29, 1.82) is 0 Å². The van der Waals surface area contributed by atoms with Gasteiger partial charge in [0.15, 0.2) is 9.84 Å². The van der Waals surface area contributed by atoms with Crippen LogP contribution in [0.5, 0.6) is 0 Å². The fraction of sp³-hybridized carbons (Fsp3) is 0.524. The molecule has 0 radical (unpaired) electrons. The summed E-state index contributed by atoms with van der Waals surface area (Å²) in [5, 5.41) is 9.78. The lowest BCUT2D eigenvalue weighted by atomic mass is 10.0. The molecule has 0 saturated carbocycles. The Morgan fingerprint density at radius 3 is 2.62 bits per heavy atom. The van der Waals surface area contributed by atoms with E-state index in [4.69, 9.17) is 0 Å². The molecule has 1 aromatic heterocycles. The summed E-state index contributed by atoms with van der Waals surface area (Å²) in [4.78, 5) is 9.22. The minimum Gasteiger partial charge on any atom is -0.350 e. The number of sulfone groups is 1. The molecule has 2 aromatic rings. The number of piperidine rings is 1. The van der Waals surface area contributed by atoms with Gasteiger partial charge < -0.3 is 16.0 Å². The predicted molar refractivity (Wildman–Crippen MR) is 118 cm³/mol. The molecule has 3 rings (SSSR count). The summed E-state index contributed by atoms with van der Waals surface area (Å²) in [6.45, 7) is 9.82. The first-order chi connectivity index (χ1) is 13.6. The number of rotatable bonds is 6. The van der Waals surface area contributed by atoms with E-state index in [9.17, 15) is 8.42 Å². The quantitative estimate of drug-likeness (QED) is 0.662. The number of anilines is 3. The normalized spacial score (nSPS) is 15.9. The van der Waals surface area contributed by atoms with Gasteiger partial charge in [-0.1, -0.05) is 6.07 Å². The number of nitrogens with one attached hydrogen (secondary N) is 3. The van der Waals surface area contributed by atoms with Crippen molar-refractivity contribution in [1.82, 2.24) is 15.3 Å². The SMILES string of the molecule is Cc1cnc(NC(C)(C)C)nc1Nc1cccc(S(=O)(=O)CC2CCNCC2)c1. The number of aryl methyl sites for hydroxylation is 1. The van der Waals surface area contributed by atoms with E-state index in [-0.39, 0.29) is 17.2 Å². The van der Waals surface area contributed by atoms with Gasteiger partial charge in [-0.2, -0.15) is 4.98 Å². The fourth-order valence-electron chi connectivity index (χ4n) is 3.32. The monoisotopic (exact) mass is 417 g/mol. The predicted octanol–water partition coefficient (Wildman–Crippen LogP) is 3.51. The van der Waals surface area contributed by atoms with Crippen LogP contribution in [0.4, 0.5) is 17.5 Å². The van der Waals surface area contributed by atoms with Gasteiger partial charge in [0, 0.05) is 23.0 Å². The Hall–Kier alpha value is -2.19. The van der Waals surface area contributed by atoms with Crippen LogP contribution in [0.25, 0.3) is 0 Å². The van der Waals surface area contributed by atoms with Crippen molar-refractivity contribution >= 4 is 27.3 Å². The second kappa shape index (κ2) is 8.67. The topological polar surface area (TPSA) is 96.0 Å². The van der Waals surface area contributed by atoms with Crippen LogP contribution in [0.2, 0.25) is 0 Å². The molecule has 0 atom stereocenters. The summed E-state index contributed by atoms with van der Waals surface area (Å²) >= 11 is 0. The lowest BCUT2D eigenvalue weighted by Gasteiger charge is -2.22. The molecule has 1 aliphatic heterocycles. The smallest absolute Gasteiger partial charge is 0.225 e. The first kappa shape index (κ1) is 21.5. The summed E-state index contributed by atoms with van der Waals surface area (Å²) in [5.41, 5.74) is 1.42. The summed E-state index contributed by atoms with van der Waals surface area (Å²) in [6, 6.07) is 6.97. The average Bonchev–Trinajstić information content (AvgIpc) is 2.64. The van der Waals surface area contributed by atoms with Crippen LogP contribution in [0.3, 0.4) is 0 Å². The third-order valence-electron chi connectivity index (χ3n) is 4.83. The molecule has 1 fully saturated rings. The van der Waals surface area contributed by atoms with Crippen molar-refractivity contribution in [2.24, 2.45) is 5.92 Å². The highest BCUT2D eigenvalue weighted by molar-refractivity contribution is 7.91. The molecule has 1 aliphatic rings. The van der Waals surface area contributed by atoms with E-state index in [1.807, 2.05) is 33.8 Å². The van der Waals surface area contributed by atoms with Crippen molar-refractivity contribution in [2.75, 3.05) is 29.5 Å². The second-order valence-electron chi connectivity index (χ2n) is 8.73. The molecule has 7 nitrogen and oxygen atoms in total. The number of benzene rings is 1. The molecule has 0 bridgehead atoms. The molecule has 158 valence electrons. The van der Waals surface area contributed by atoms with E-state index in [2.05, 4.69) is 25.9 Å². The zero-order valence-corrected chi connectivity index (χ0v) is 18.4. The zero-order chi connectivity index (χ0) is 21.1. The first-order valence-electron chi connectivity index (χ1n) is 10.0. The van der Waals surface area contributed by atoms with Crippen LogP contribution < -0.4 is 16.0 Å². The number of hydrogen-bond acceptors (Lipinski definition) is 7. The number of hydrogen-bond donors (Lipinski definition) is 3. The Labute approximate surface area is 173 Å². The molecular formula is C21H31N5O2S. The van der Waals surface area contributed by atoms with Crippen molar-refractivity contribution in [2.45, 2.75) is 51.0 Å². The lowest BCUT2D eigenvalue weighted by molar-refractivity contribution is 0.401. The molecule has 0 aliphatic carbocycles. The van der Waals surface area contributed by atoms with Gasteiger partial charge >= 0.3 is 0 Å². The van der Waals surface area contributed by atoms with E-state index in [0.717, 1.165) is 31.5 Å². The van der Waals surface area contributed by atoms with Gasteiger partial charge in [-0.05, 0) is 77.7 Å². The largest absolute Gasteiger partial charge is 0.350 e. The standard InChI is InChI=1S/C21H31N5O2S/c1-15-13-23-20(26-21(2,3)4)25-19(15)24-17-6-5-7-18(12-17)29(27,28)14-16-8-10-22-11-9-16/h5-7,12-13,16,22H,8-11,14H2,1-4H3,(H2,23,24,25,26). The minimum absolute atomic E-state index is 0.158. The van der Waals surface area contributed by atoms with E-state index in [1.165, 1.54) is 0 Å². The van der Waals surface area contributed by atoms with Crippen molar-refractivity contribution in [3.63, 3.8) is 0 Å². The maximum Gasteiger partial charge on any atom is 0.225 e. The second-order valence-corrected chi connectivity index (χ2v) is 10.8. The first-order valence-corrected chi connectivity index (χ1v) is 11.7. The van der Waals surface area contributed by atoms with Crippen molar-refractivity contribution in [3.05, 3.63) is 36.0 Å². The van der Waals surface area contributed by atoms with E-state index < -0.39 is 9.84 Å². The highest BCUT2D eigenvalue weighted by Crippen LogP contribution is 2.25. The van der Waals surface area contributed by atoms with E-state index >= 15 is 0 Å². The van der Waals surface area contributed by atoms with Crippen LogP contribution >= 0.6 is 0 Å². The van der Waals surface area contributed by atoms with Gasteiger partial charge in [-0.15, -0.1) is 0 Å². The van der Waals surface area contributed by atoms with E-state index in [1.54, 1.807) is 24.4 Å². The molecular weight excluding hydrogens is 386 g/mol. The van der Waals surface area contributed by atoms with Gasteiger partial charge in [-0.25, -0.2) is 13.4 Å². The molecule has 8 heteroatoms. The number of aromatic nitrogens is 2. The lowest BCUT2D eigenvalue weighted by Crippen LogP contribution is -2.31. The molecule has 3 N–H and O–H groups in total. The molecule has 1 aromatic carbocycles. The van der Waals surface area contributed by atoms with Gasteiger partial charge in [0.2, 0.25) is 5.95 Å². The average molecular weight is 418 g/mol. The Bertz CT molecular complexity index is 948. The Kier molecular flexibility index (Phi) is 6.43. The van der Waals surface area contributed by atoms with Gasteiger partial charge in [0.1, 0.15) is 5.82 Å². The maximum absolute atomic E-state index is 12.9. The molecule has 0 unspecified atom stereocenters. The van der Waals surface area contributed by atoms with Crippen LogP contribution in [0.15, 0.2) is 35.4 Å². The third kappa shape index (κ3) is 6.14. The Morgan fingerprint density at radius 1 is 1.21 bits per heavy atom. The fourth-order valence-corrected chi connectivity index (χ4v) is 5.06. The summed E-state index contributed by atoms with van der Waals surface area (Å²) < 4.78 is 25.8. The van der Waals surface area contributed by atoms with Gasteiger partial charge in [-0.3, -0.25) is 0 Å². The van der Waals surface area contributed by atoms with Crippen LogP contribution in [0, 0.1) is 12.8 Å². The summed E-state index contributed by atoms with van der Waals surface area (Å²) in [6.07, 6.45) is 3.56. The third-order valence-corrected chi connectivity index (χ3v) is 6.71. The number of nitrogens with zero attached hydrogens (tertiary/aromatic N) is 2. The Morgan fingerprint density at radius 2 is 1.93 bits per heavy atom. The summed E-state index contributed by atoms with van der Waals surface area (Å²) in [7, 11) is -3.33. The van der Waals surface area contributed by atoms with Crippen LogP contribution in [-0.4, -0.2) is 42.8 Å². The highest BCUT2D eigenvalue weighted by Gasteiger charge is 2.23. The molecule has 29 heavy (non-hydrogen) atoms. The minimum atomic E-state index is -3.33. The van der Waals surface area contributed by atoms with Crippen LogP contribution in [-0.2, 0) is 9.84 Å². The van der Waals surface area contributed by atoms with E-state index in [0.29, 0.717) is 22.3 Å². The van der Waals surface area contributed by atoms with Crippen LogP contribution in [0.1, 0.15) is 39.2 Å². The van der Waals surface area contributed by atoms with Crippen molar-refractivity contribution in [3.8, 4) is 0 Å². The molecule has 2 heterocycles. The summed E-state index contributed by atoms with van der Waals surface area (Å²) in [5.74, 6) is 1.59. The molecule has 0 spiro atoms. The molecule has 0 amide bonds. The highest BCUT2D eigenvalue weighted by atomic mass is 32.2. The van der Waals surface area contributed by atoms with Gasteiger partial charge in [0.05, 0.1) is 10.6 Å². The molecule has 1 saturated heterocycles.